The highest BCUT2D eigenvalue weighted by molar-refractivity contribution is 9.10. The zero-order valence-corrected chi connectivity index (χ0v) is 13.6. The van der Waals surface area contributed by atoms with Gasteiger partial charge in [0, 0.05) is 9.86 Å². The lowest BCUT2D eigenvalue weighted by molar-refractivity contribution is 0.473. The molecule has 0 unspecified atom stereocenters. The first-order valence-electron chi connectivity index (χ1n) is 6.97. The number of benzene rings is 2. The minimum Gasteiger partial charge on any atom is -0.507 e. The van der Waals surface area contributed by atoms with Crippen LogP contribution in [0.15, 0.2) is 66.6 Å². The average molecular weight is 385 g/mol. The van der Waals surface area contributed by atoms with E-state index in [0.717, 1.165) is 9.86 Å². The van der Waals surface area contributed by atoms with Crippen LogP contribution in [0.25, 0.3) is 33.9 Å². The highest BCUT2D eigenvalue weighted by Gasteiger charge is 2.17. The van der Waals surface area contributed by atoms with Gasteiger partial charge in [-0.25, -0.2) is 4.79 Å². The Morgan fingerprint density at radius 1 is 0.917 bits per heavy atom. The minimum atomic E-state index is -0.572. The minimum absolute atomic E-state index is 0.0159. The average Bonchev–Trinajstić information content (AvgIpc) is 3.04. The summed E-state index contributed by atoms with van der Waals surface area (Å²) in [6, 6.07) is 13.5. The SMILES string of the molecule is O=c1oc2ccc(Br)cc2cc1-c1nnc(-c2ccccc2O)o1. The van der Waals surface area contributed by atoms with Gasteiger partial charge in [0.05, 0.1) is 5.56 Å². The van der Waals surface area contributed by atoms with E-state index in [4.69, 9.17) is 8.83 Å². The molecular weight excluding hydrogens is 376 g/mol. The number of hydrogen-bond donors (Lipinski definition) is 1. The second kappa shape index (κ2) is 5.61. The lowest BCUT2D eigenvalue weighted by Gasteiger charge is -2.00. The van der Waals surface area contributed by atoms with E-state index >= 15 is 0 Å². The van der Waals surface area contributed by atoms with Gasteiger partial charge in [-0.2, -0.15) is 0 Å². The number of phenolic OH excluding ortho intramolecular Hbond substituents is 1. The summed E-state index contributed by atoms with van der Waals surface area (Å²) < 4.78 is 11.7. The first-order valence-corrected chi connectivity index (χ1v) is 7.77. The molecule has 0 aliphatic carbocycles. The van der Waals surface area contributed by atoms with Gasteiger partial charge in [-0.05, 0) is 36.4 Å². The molecule has 0 aliphatic rings. The van der Waals surface area contributed by atoms with Gasteiger partial charge >= 0.3 is 5.63 Å². The first kappa shape index (κ1) is 14.6. The lowest BCUT2D eigenvalue weighted by atomic mass is 10.2. The molecule has 2 heterocycles. The largest absolute Gasteiger partial charge is 0.507 e. The van der Waals surface area contributed by atoms with Crippen molar-refractivity contribution >= 4 is 26.9 Å². The summed E-state index contributed by atoms with van der Waals surface area (Å²) in [5.74, 6) is 0.169. The highest BCUT2D eigenvalue weighted by Crippen LogP contribution is 2.30. The van der Waals surface area contributed by atoms with Crippen molar-refractivity contribution < 1.29 is 13.9 Å². The third-order valence-corrected chi connectivity index (χ3v) is 3.98. The molecule has 4 aromatic rings. The van der Waals surface area contributed by atoms with Gasteiger partial charge in [-0.1, -0.05) is 28.1 Å². The Bertz CT molecular complexity index is 1120. The van der Waals surface area contributed by atoms with Crippen molar-refractivity contribution in [1.29, 1.82) is 0 Å². The molecule has 0 saturated carbocycles. The van der Waals surface area contributed by atoms with E-state index in [1.54, 1.807) is 36.4 Å². The predicted molar refractivity (Wildman–Crippen MR) is 90.6 cm³/mol. The molecule has 24 heavy (non-hydrogen) atoms. The summed E-state index contributed by atoms with van der Waals surface area (Å²) in [5, 5.41) is 18.4. The molecule has 0 spiro atoms. The van der Waals surface area contributed by atoms with Gasteiger partial charge in [-0.3, -0.25) is 0 Å². The summed E-state index contributed by atoms with van der Waals surface area (Å²) in [6.07, 6.45) is 0. The number of fused-ring (bicyclic) bond motifs is 1. The number of rotatable bonds is 2. The summed E-state index contributed by atoms with van der Waals surface area (Å²) in [6.45, 7) is 0. The van der Waals surface area contributed by atoms with Crippen molar-refractivity contribution in [3.8, 4) is 28.7 Å². The zero-order chi connectivity index (χ0) is 16.7. The van der Waals surface area contributed by atoms with Gasteiger partial charge in [0.15, 0.2) is 0 Å². The lowest BCUT2D eigenvalue weighted by Crippen LogP contribution is -2.02. The first-order chi connectivity index (χ1) is 11.6. The molecule has 4 rings (SSSR count). The smallest absolute Gasteiger partial charge is 0.349 e. The molecule has 2 aromatic carbocycles. The van der Waals surface area contributed by atoms with Gasteiger partial charge < -0.3 is 13.9 Å². The number of hydrogen-bond acceptors (Lipinski definition) is 6. The van der Waals surface area contributed by atoms with Crippen LogP contribution in [0.4, 0.5) is 0 Å². The van der Waals surface area contributed by atoms with Crippen molar-refractivity contribution in [3.05, 3.63) is 63.4 Å². The topological polar surface area (TPSA) is 89.4 Å². The maximum absolute atomic E-state index is 12.2. The molecule has 0 saturated heterocycles. The molecule has 0 atom stereocenters. The van der Waals surface area contributed by atoms with Crippen LogP contribution in [0.2, 0.25) is 0 Å². The Labute approximate surface area is 143 Å². The molecule has 6 nitrogen and oxygen atoms in total. The maximum Gasteiger partial charge on any atom is 0.349 e. The second-order valence-electron chi connectivity index (χ2n) is 5.06. The number of nitrogens with zero attached hydrogens (tertiary/aromatic N) is 2. The van der Waals surface area contributed by atoms with E-state index in [9.17, 15) is 9.90 Å². The predicted octanol–water partition coefficient (Wildman–Crippen LogP) is 3.98. The molecule has 0 bridgehead atoms. The second-order valence-corrected chi connectivity index (χ2v) is 5.97. The van der Waals surface area contributed by atoms with Crippen molar-refractivity contribution in [2.75, 3.05) is 0 Å². The summed E-state index contributed by atoms with van der Waals surface area (Å²) in [4.78, 5) is 12.2. The number of para-hydroxylation sites is 1. The van der Waals surface area contributed by atoms with Crippen molar-refractivity contribution in [2.45, 2.75) is 0 Å². The summed E-state index contributed by atoms with van der Waals surface area (Å²) in [5.41, 5.74) is 0.448. The number of aromatic hydroxyl groups is 1. The van der Waals surface area contributed by atoms with Crippen LogP contribution in [0.3, 0.4) is 0 Å². The van der Waals surface area contributed by atoms with Crippen LogP contribution >= 0.6 is 15.9 Å². The fraction of sp³-hybridized carbons (Fsp3) is 0. The van der Waals surface area contributed by atoms with Crippen LogP contribution < -0.4 is 5.63 Å². The van der Waals surface area contributed by atoms with E-state index in [1.807, 2.05) is 6.07 Å². The van der Waals surface area contributed by atoms with Gasteiger partial charge in [0.2, 0.25) is 0 Å². The zero-order valence-electron chi connectivity index (χ0n) is 12.1. The molecular formula is C17H9BrN2O4. The maximum atomic E-state index is 12.2. The van der Waals surface area contributed by atoms with Crippen LogP contribution in [0.1, 0.15) is 0 Å². The van der Waals surface area contributed by atoms with Gasteiger partial charge in [-0.15, -0.1) is 10.2 Å². The van der Waals surface area contributed by atoms with Crippen molar-refractivity contribution in [3.63, 3.8) is 0 Å². The van der Waals surface area contributed by atoms with E-state index in [1.165, 1.54) is 6.07 Å². The highest BCUT2D eigenvalue weighted by atomic mass is 79.9. The van der Waals surface area contributed by atoms with E-state index in [0.29, 0.717) is 11.1 Å². The number of halogens is 1. The van der Waals surface area contributed by atoms with Crippen molar-refractivity contribution in [2.24, 2.45) is 0 Å². The molecule has 118 valence electrons. The molecule has 0 radical (unpaired) electrons. The van der Waals surface area contributed by atoms with Crippen molar-refractivity contribution in [1.82, 2.24) is 10.2 Å². The third-order valence-electron chi connectivity index (χ3n) is 3.48. The number of phenols is 1. The molecule has 2 aromatic heterocycles. The van der Waals surface area contributed by atoms with E-state index < -0.39 is 5.63 Å². The Morgan fingerprint density at radius 2 is 1.67 bits per heavy atom. The van der Waals surface area contributed by atoms with Crippen LogP contribution in [0, 0.1) is 0 Å². The Balaban J connectivity index is 1.85. The Hall–Kier alpha value is -2.93. The molecule has 0 amide bonds. The molecule has 0 aliphatic heterocycles. The number of aromatic nitrogens is 2. The van der Waals surface area contributed by atoms with Crippen LogP contribution in [0.5, 0.6) is 5.75 Å². The van der Waals surface area contributed by atoms with Gasteiger partial charge in [0.1, 0.15) is 16.9 Å². The standard InChI is InChI=1S/C17H9BrN2O4/c18-10-5-6-14-9(7-10)8-12(17(22)23-14)16-20-19-15(24-16)11-3-1-2-4-13(11)21/h1-8,21H. The molecule has 7 heteroatoms. The van der Waals surface area contributed by atoms with Crippen LogP contribution in [-0.2, 0) is 0 Å². The Morgan fingerprint density at radius 3 is 2.46 bits per heavy atom. The third kappa shape index (κ3) is 2.48. The van der Waals surface area contributed by atoms with Crippen LogP contribution in [-0.4, -0.2) is 15.3 Å². The Kier molecular flexibility index (Phi) is 3.42. The summed E-state index contributed by atoms with van der Waals surface area (Å²) in [7, 11) is 0. The fourth-order valence-corrected chi connectivity index (χ4v) is 2.72. The molecule has 0 fully saturated rings. The van der Waals surface area contributed by atoms with E-state index in [-0.39, 0.29) is 23.1 Å². The molecule has 1 N–H and O–H groups in total. The normalized spacial score (nSPS) is 11.0. The summed E-state index contributed by atoms with van der Waals surface area (Å²) >= 11 is 3.38. The monoisotopic (exact) mass is 384 g/mol. The quantitative estimate of drug-likeness (QED) is 0.525. The van der Waals surface area contributed by atoms with E-state index in [2.05, 4.69) is 26.1 Å². The fourth-order valence-electron chi connectivity index (χ4n) is 2.34. The van der Waals surface area contributed by atoms with Gasteiger partial charge in [0.25, 0.3) is 11.8 Å².